The summed E-state index contributed by atoms with van der Waals surface area (Å²) in [6.07, 6.45) is 3.53. The average molecular weight is 244 g/mol. The summed E-state index contributed by atoms with van der Waals surface area (Å²) < 4.78 is 0. The zero-order chi connectivity index (χ0) is 12.9. The molecule has 5 heteroatoms. The van der Waals surface area contributed by atoms with Gasteiger partial charge in [-0.05, 0) is 25.7 Å². The summed E-state index contributed by atoms with van der Waals surface area (Å²) in [5.41, 5.74) is 4.80. The molecule has 0 spiro atoms. The lowest BCUT2D eigenvalue weighted by molar-refractivity contribution is -0.122. The second-order valence-corrected chi connectivity index (χ2v) is 5.46. The molecule has 5 N–H and O–H groups in total. The van der Waals surface area contributed by atoms with Crippen LogP contribution in [0.5, 0.6) is 0 Å². The zero-order valence-corrected chi connectivity index (χ0v) is 10.5. The van der Waals surface area contributed by atoms with E-state index >= 15 is 0 Å². The number of hydrogen-bond donors (Lipinski definition) is 4. The number of nitrogens with one attached hydrogen (secondary N) is 1. The van der Waals surface area contributed by atoms with Crippen LogP contribution in [0.4, 0.5) is 0 Å². The third kappa shape index (κ3) is 4.26. The van der Waals surface area contributed by atoms with E-state index in [9.17, 15) is 4.79 Å². The molecule has 1 aliphatic rings. The van der Waals surface area contributed by atoms with Gasteiger partial charge in [0.15, 0.2) is 0 Å². The number of hydrogen-bond acceptors (Lipinski definition) is 4. The van der Waals surface area contributed by atoms with Gasteiger partial charge < -0.3 is 21.3 Å². The lowest BCUT2D eigenvalue weighted by atomic mass is 9.84. The molecule has 0 atom stereocenters. The fourth-order valence-electron chi connectivity index (χ4n) is 2.13. The Hall–Kier alpha value is -0.650. The van der Waals surface area contributed by atoms with E-state index in [0.717, 1.165) is 25.7 Å². The van der Waals surface area contributed by atoms with Crippen molar-refractivity contribution in [2.45, 2.75) is 38.6 Å². The largest absolute Gasteiger partial charge is 0.396 e. The standard InChI is InChI=1S/C12H24N2O3/c1-12(7-15,8-16)6-14-10-4-2-9(3-5-10)11(13)17/h9-10,14-16H,2-8H2,1H3,(H2,13,17). The Labute approximate surface area is 102 Å². The smallest absolute Gasteiger partial charge is 0.220 e. The molecular formula is C12H24N2O3. The maximum Gasteiger partial charge on any atom is 0.220 e. The van der Waals surface area contributed by atoms with Crippen LogP contribution in [0.15, 0.2) is 0 Å². The molecule has 1 aliphatic carbocycles. The van der Waals surface area contributed by atoms with Crippen molar-refractivity contribution in [1.82, 2.24) is 5.32 Å². The number of rotatable bonds is 6. The molecule has 17 heavy (non-hydrogen) atoms. The predicted molar refractivity (Wildman–Crippen MR) is 65.2 cm³/mol. The summed E-state index contributed by atoms with van der Waals surface area (Å²) in [7, 11) is 0. The molecule has 1 fully saturated rings. The molecule has 1 amide bonds. The van der Waals surface area contributed by atoms with Gasteiger partial charge in [0.25, 0.3) is 0 Å². The first kappa shape index (κ1) is 14.4. The molecular weight excluding hydrogens is 220 g/mol. The second-order valence-electron chi connectivity index (χ2n) is 5.46. The minimum Gasteiger partial charge on any atom is -0.396 e. The highest BCUT2D eigenvalue weighted by atomic mass is 16.3. The van der Waals surface area contributed by atoms with Gasteiger partial charge in [-0.25, -0.2) is 0 Å². The van der Waals surface area contributed by atoms with Crippen molar-refractivity contribution in [2.24, 2.45) is 17.1 Å². The van der Waals surface area contributed by atoms with Crippen LogP contribution in [-0.2, 0) is 4.79 Å². The normalized spacial score (nSPS) is 25.8. The Bertz CT molecular complexity index is 246. The van der Waals surface area contributed by atoms with Crippen molar-refractivity contribution in [1.29, 1.82) is 0 Å². The lowest BCUT2D eigenvalue weighted by Gasteiger charge is -2.32. The van der Waals surface area contributed by atoms with Crippen LogP contribution in [0, 0.1) is 11.3 Å². The number of carbonyl (C=O) groups is 1. The van der Waals surface area contributed by atoms with Crippen LogP contribution in [-0.4, -0.2) is 41.9 Å². The van der Waals surface area contributed by atoms with Crippen LogP contribution in [0.3, 0.4) is 0 Å². The Morgan fingerprint density at radius 3 is 2.24 bits per heavy atom. The van der Waals surface area contributed by atoms with E-state index in [1.165, 1.54) is 0 Å². The van der Waals surface area contributed by atoms with Crippen LogP contribution < -0.4 is 11.1 Å². The third-order valence-corrected chi connectivity index (χ3v) is 3.71. The molecule has 1 saturated carbocycles. The van der Waals surface area contributed by atoms with Gasteiger partial charge in [-0.1, -0.05) is 6.92 Å². The second kappa shape index (κ2) is 6.33. The predicted octanol–water partition coefficient (Wildman–Crippen LogP) is -0.389. The number of amides is 1. The SMILES string of the molecule is CC(CO)(CO)CNC1CCC(C(N)=O)CC1. The number of carbonyl (C=O) groups excluding carboxylic acids is 1. The number of aliphatic hydroxyl groups is 2. The van der Waals surface area contributed by atoms with Crippen molar-refractivity contribution in [3.05, 3.63) is 0 Å². The van der Waals surface area contributed by atoms with Crippen molar-refractivity contribution >= 4 is 5.91 Å². The van der Waals surface area contributed by atoms with E-state index in [-0.39, 0.29) is 25.0 Å². The Morgan fingerprint density at radius 2 is 1.82 bits per heavy atom. The van der Waals surface area contributed by atoms with Gasteiger partial charge in [0, 0.05) is 23.9 Å². The molecule has 0 aliphatic heterocycles. The zero-order valence-electron chi connectivity index (χ0n) is 10.5. The number of nitrogens with two attached hydrogens (primary N) is 1. The van der Waals surface area contributed by atoms with Crippen LogP contribution in [0.2, 0.25) is 0 Å². The fraction of sp³-hybridized carbons (Fsp3) is 0.917. The summed E-state index contributed by atoms with van der Waals surface area (Å²) >= 11 is 0. The topological polar surface area (TPSA) is 95.6 Å². The summed E-state index contributed by atoms with van der Waals surface area (Å²) in [6, 6.07) is 0.364. The minimum absolute atomic E-state index is 0.0233. The van der Waals surface area contributed by atoms with Crippen molar-refractivity contribution in [2.75, 3.05) is 19.8 Å². The van der Waals surface area contributed by atoms with Gasteiger partial charge in [-0.2, -0.15) is 0 Å². The summed E-state index contributed by atoms with van der Waals surface area (Å²) in [6.45, 7) is 2.36. The van der Waals surface area contributed by atoms with E-state index in [2.05, 4.69) is 5.32 Å². The minimum atomic E-state index is -0.472. The molecule has 0 radical (unpaired) electrons. The monoisotopic (exact) mass is 244 g/mol. The summed E-state index contributed by atoms with van der Waals surface area (Å²) in [4.78, 5) is 11.0. The molecule has 0 aromatic heterocycles. The molecule has 0 bridgehead atoms. The first-order chi connectivity index (χ1) is 8.00. The van der Waals surface area contributed by atoms with Gasteiger partial charge in [0.1, 0.15) is 0 Å². The van der Waals surface area contributed by atoms with Gasteiger partial charge >= 0.3 is 0 Å². The van der Waals surface area contributed by atoms with Gasteiger partial charge in [0.05, 0.1) is 13.2 Å². The third-order valence-electron chi connectivity index (χ3n) is 3.71. The summed E-state index contributed by atoms with van der Waals surface area (Å²) in [5, 5.41) is 21.7. The lowest BCUT2D eigenvalue weighted by Crippen LogP contribution is -2.44. The van der Waals surface area contributed by atoms with Crippen LogP contribution in [0.25, 0.3) is 0 Å². The molecule has 0 saturated heterocycles. The quantitative estimate of drug-likeness (QED) is 0.512. The van der Waals surface area contributed by atoms with Gasteiger partial charge in [-0.15, -0.1) is 0 Å². The van der Waals surface area contributed by atoms with Crippen LogP contribution >= 0.6 is 0 Å². The molecule has 5 nitrogen and oxygen atoms in total. The highest BCUT2D eigenvalue weighted by molar-refractivity contribution is 5.76. The van der Waals surface area contributed by atoms with E-state index in [0.29, 0.717) is 12.6 Å². The Balaban J connectivity index is 2.29. The Morgan fingerprint density at radius 1 is 1.29 bits per heavy atom. The number of primary amides is 1. The molecule has 0 aromatic rings. The van der Waals surface area contributed by atoms with Gasteiger partial charge in [0.2, 0.25) is 5.91 Å². The van der Waals surface area contributed by atoms with E-state index in [1.807, 2.05) is 6.92 Å². The Kier molecular flexibility index (Phi) is 5.36. The molecule has 0 aromatic carbocycles. The van der Waals surface area contributed by atoms with Crippen molar-refractivity contribution in [3.63, 3.8) is 0 Å². The van der Waals surface area contributed by atoms with Crippen molar-refractivity contribution in [3.8, 4) is 0 Å². The first-order valence-electron chi connectivity index (χ1n) is 6.25. The maximum absolute atomic E-state index is 11.0. The van der Waals surface area contributed by atoms with Crippen LogP contribution in [0.1, 0.15) is 32.6 Å². The van der Waals surface area contributed by atoms with Gasteiger partial charge in [-0.3, -0.25) is 4.79 Å². The van der Waals surface area contributed by atoms with Crippen molar-refractivity contribution < 1.29 is 15.0 Å². The average Bonchev–Trinajstić information content (AvgIpc) is 2.36. The summed E-state index contributed by atoms with van der Waals surface area (Å²) in [5.74, 6) is -0.172. The van der Waals surface area contributed by atoms with E-state index in [4.69, 9.17) is 15.9 Å². The maximum atomic E-state index is 11.0. The fourth-order valence-corrected chi connectivity index (χ4v) is 2.13. The van der Waals surface area contributed by atoms with E-state index < -0.39 is 5.41 Å². The highest BCUT2D eigenvalue weighted by Crippen LogP contribution is 2.24. The van der Waals surface area contributed by atoms with E-state index in [1.54, 1.807) is 0 Å². The highest BCUT2D eigenvalue weighted by Gasteiger charge is 2.27. The number of aliphatic hydroxyl groups excluding tert-OH is 2. The first-order valence-corrected chi connectivity index (χ1v) is 6.25. The molecule has 100 valence electrons. The molecule has 0 heterocycles. The molecule has 1 rings (SSSR count). The molecule has 0 unspecified atom stereocenters.